The first-order valence-corrected chi connectivity index (χ1v) is 7.41. The number of rotatable bonds is 3. The molecular formula is C12H20N8O3. The molecule has 0 unspecified atom stereocenters. The summed E-state index contributed by atoms with van der Waals surface area (Å²) in [5.74, 6) is 6.59. The van der Waals surface area contributed by atoms with Crippen LogP contribution in [0.15, 0.2) is 0 Å². The second-order valence-corrected chi connectivity index (χ2v) is 5.14. The highest BCUT2D eigenvalue weighted by Crippen LogP contribution is 2.19. The van der Waals surface area contributed by atoms with E-state index in [-0.39, 0.29) is 5.95 Å². The van der Waals surface area contributed by atoms with E-state index in [4.69, 9.17) is 21.1 Å². The Balaban J connectivity index is 1.93. The molecular weight excluding hydrogens is 304 g/mol. The van der Waals surface area contributed by atoms with Gasteiger partial charge in [-0.15, -0.1) is 0 Å². The van der Waals surface area contributed by atoms with Crippen LogP contribution >= 0.6 is 0 Å². The van der Waals surface area contributed by atoms with Gasteiger partial charge >= 0.3 is 6.03 Å². The Morgan fingerprint density at radius 1 is 0.913 bits per heavy atom. The lowest BCUT2D eigenvalue weighted by Crippen LogP contribution is -2.44. The van der Waals surface area contributed by atoms with Gasteiger partial charge in [-0.2, -0.15) is 20.0 Å². The first-order chi connectivity index (χ1) is 11.1. The molecule has 2 aliphatic heterocycles. The van der Waals surface area contributed by atoms with E-state index in [1.807, 2.05) is 9.80 Å². The van der Waals surface area contributed by atoms with Crippen LogP contribution in [0.3, 0.4) is 0 Å². The summed E-state index contributed by atoms with van der Waals surface area (Å²) >= 11 is 0. The third-order valence-corrected chi connectivity index (χ3v) is 3.64. The number of aromatic nitrogens is 3. The monoisotopic (exact) mass is 324 g/mol. The molecule has 3 heterocycles. The zero-order chi connectivity index (χ0) is 16.2. The van der Waals surface area contributed by atoms with E-state index < -0.39 is 6.03 Å². The predicted molar refractivity (Wildman–Crippen MR) is 82.1 cm³/mol. The first-order valence-electron chi connectivity index (χ1n) is 7.41. The molecule has 0 atom stereocenters. The Labute approximate surface area is 133 Å². The van der Waals surface area contributed by atoms with Gasteiger partial charge in [0.15, 0.2) is 0 Å². The van der Waals surface area contributed by atoms with Crippen LogP contribution in [0.5, 0.6) is 0 Å². The molecule has 4 N–H and O–H groups in total. The molecule has 2 saturated heterocycles. The third-order valence-electron chi connectivity index (χ3n) is 3.64. The second-order valence-electron chi connectivity index (χ2n) is 5.14. The molecule has 23 heavy (non-hydrogen) atoms. The molecule has 0 aromatic carbocycles. The number of hydrogen-bond acceptors (Lipinski definition) is 9. The zero-order valence-electron chi connectivity index (χ0n) is 12.7. The molecule has 3 rings (SSSR count). The van der Waals surface area contributed by atoms with E-state index >= 15 is 0 Å². The fraction of sp³-hybridized carbons (Fsp3) is 0.667. The van der Waals surface area contributed by atoms with E-state index in [1.54, 1.807) is 0 Å². The summed E-state index contributed by atoms with van der Waals surface area (Å²) in [4.78, 5) is 28.3. The highest BCUT2D eigenvalue weighted by atomic mass is 16.5. The molecule has 0 bridgehead atoms. The molecule has 2 amide bonds. The van der Waals surface area contributed by atoms with Crippen molar-refractivity contribution in [2.75, 3.05) is 67.4 Å². The average Bonchev–Trinajstić information content (AvgIpc) is 2.62. The maximum Gasteiger partial charge on any atom is 0.336 e. The van der Waals surface area contributed by atoms with E-state index in [0.29, 0.717) is 64.5 Å². The topological polar surface area (TPSA) is 136 Å². The smallest absolute Gasteiger partial charge is 0.336 e. The Bertz CT molecular complexity index is 523. The molecule has 2 aliphatic rings. The molecule has 11 heteroatoms. The SMILES string of the molecule is NC(=O)N(N)c1nc(N2CCOCC2)nc(N2CCOCC2)n1. The Kier molecular flexibility index (Phi) is 4.69. The lowest BCUT2D eigenvalue weighted by Gasteiger charge is -2.30. The minimum atomic E-state index is -0.836. The van der Waals surface area contributed by atoms with Crippen LogP contribution in [-0.2, 0) is 9.47 Å². The van der Waals surface area contributed by atoms with Crippen LogP contribution in [0.1, 0.15) is 0 Å². The van der Waals surface area contributed by atoms with E-state index in [0.717, 1.165) is 5.01 Å². The van der Waals surface area contributed by atoms with Crippen molar-refractivity contribution in [2.24, 2.45) is 11.6 Å². The number of carbonyl (C=O) groups is 1. The highest BCUT2D eigenvalue weighted by Gasteiger charge is 2.23. The third kappa shape index (κ3) is 3.57. The largest absolute Gasteiger partial charge is 0.378 e. The van der Waals surface area contributed by atoms with Crippen LogP contribution in [0.25, 0.3) is 0 Å². The summed E-state index contributed by atoms with van der Waals surface area (Å²) in [6.45, 7) is 5.01. The minimum Gasteiger partial charge on any atom is -0.378 e. The van der Waals surface area contributed by atoms with Gasteiger partial charge in [-0.05, 0) is 0 Å². The number of hydrazine groups is 1. The maximum atomic E-state index is 11.3. The molecule has 11 nitrogen and oxygen atoms in total. The van der Waals surface area contributed by atoms with E-state index in [9.17, 15) is 4.79 Å². The average molecular weight is 324 g/mol. The molecule has 0 spiro atoms. The van der Waals surface area contributed by atoms with Crippen LogP contribution in [0, 0.1) is 0 Å². The molecule has 126 valence electrons. The van der Waals surface area contributed by atoms with Crippen LogP contribution in [-0.4, -0.2) is 73.6 Å². The first kappa shape index (κ1) is 15.6. The number of hydrogen-bond donors (Lipinski definition) is 2. The quantitative estimate of drug-likeness (QED) is 0.379. The Morgan fingerprint density at radius 3 is 1.74 bits per heavy atom. The van der Waals surface area contributed by atoms with E-state index in [1.165, 1.54) is 0 Å². The number of nitrogens with two attached hydrogens (primary N) is 2. The van der Waals surface area contributed by atoms with Gasteiger partial charge in [0.1, 0.15) is 0 Å². The van der Waals surface area contributed by atoms with Gasteiger partial charge < -0.3 is 25.0 Å². The summed E-state index contributed by atoms with van der Waals surface area (Å²) in [5.41, 5.74) is 5.22. The number of morpholine rings is 2. The van der Waals surface area contributed by atoms with Crippen molar-refractivity contribution in [1.29, 1.82) is 0 Å². The minimum absolute atomic E-state index is 0.0236. The number of primary amides is 1. The number of amides is 2. The second kappa shape index (κ2) is 6.89. The summed E-state index contributed by atoms with van der Waals surface area (Å²) < 4.78 is 10.7. The van der Waals surface area contributed by atoms with Crippen molar-refractivity contribution in [3.8, 4) is 0 Å². The summed E-state index contributed by atoms with van der Waals surface area (Å²) in [6, 6.07) is -0.836. The fourth-order valence-electron chi connectivity index (χ4n) is 2.36. The molecule has 1 aromatic heterocycles. The predicted octanol–water partition coefficient (Wildman–Crippen LogP) is -1.70. The number of nitrogens with zero attached hydrogens (tertiary/aromatic N) is 6. The lowest BCUT2D eigenvalue weighted by molar-refractivity contribution is 0.121. The number of anilines is 3. The fourth-order valence-corrected chi connectivity index (χ4v) is 2.36. The van der Waals surface area contributed by atoms with Crippen molar-refractivity contribution >= 4 is 23.9 Å². The summed E-state index contributed by atoms with van der Waals surface area (Å²) in [7, 11) is 0. The Morgan fingerprint density at radius 2 is 1.35 bits per heavy atom. The standard InChI is InChI=1S/C12H20N8O3/c13-9(21)20(14)12-16-10(18-1-5-22-6-2-18)15-11(17-12)19-3-7-23-8-4-19/h1-8,14H2,(H2,13,21). The van der Waals surface area contributed by atoms with Crippen molar-refractivity contribution in [1.82, 2.24) is 15.0 Å². The van der Waals surface area contributed by atoms with Crippen molar-refractivity contribution in [3.63, 3.8) is 0 Å². The van der Waals surface area contributed by atoms with Gasteiger partial charge in [-0.25, -0.2) is 10.6 Å². The zero-order valence-corrected chi connectivity index (χ0v) is 12.7. The van der Waals surface area contributed by atoms with Crippen LogP contribution < -0.4 is 26.4 Å². The van der Waals surface area contributed by atoms with Crippen LogP contribution in [0.4, 0.5) is 22.6 Å². The van der Waals surface area contributed by atoms with Gasteiger partial charge in [-0.1, -0.05) is 0 Å². The van der Waals surface area contributed by atoms with Gasteiger partial charge in [-0.3, -0.25) is 0 Å². The molecule has 2 fully saturated rings. The summed E-state index contributed by atoms with van der Waals surface area (Å²) in [5, 5.41) is 0.718. The van der Waals surface area contributed by atoms with Gasteiger partial charge in [0.2, 0.25) is 11.9 Å². The maximum absolute atomic E-state index is 11.3. The van der Waals surface area contributed by atoms with Crippen LogP contribution in [0.2, 0.25) is 0 Å². The molecule has 1 aromatic rings. The van der Waals surface area contributed by atoms with Gasteiger partial charge in [0.25, 0.3) is 5.95 Å². The molecule has 0 aliphatic carbocycles. The normalized spacial score (nSPS) is 18.8. The Hall–Kier alpha value is -2.24. The van der Waals surface area contributed by atoms with Crippen molar-refractivity contribution in [3.05, 3.63) is 0 Å². The number of urea groups is 1. The van der Waals surface area contributed by atoms with E-state index in [2.05, 4.69) is 15.0 Å². The molecule has 0 radical (unpaired) electrons. The van der Waals surface area contributed by atoms with Crippen molar-refractivity contribution < 1.29 is 14.3 Å². The number of ether oxygens (including phenoxy) is 2. The highest BCUT2D eigenvalue weighted by molar-refractivity contribution is 5.87. The van der Waals surface area contributed by atoms with Crippen molar-refractivity contribution in [2.45, 2.75) is 0 Å². The van der Waals surface area contributed by atoms with Gasteiger partial charge in [0.05, 0.1) is 26.4 Å². The van der Waals surface area contributed by atoms with Gasteiger partial charge in [0, 0.05) is 26.2 Å². The number of carbonyl (C=O) groups excluding carboxylic acids is 1. The molecule has 0 saturated carbocycles. The summed E-state index contributed by atoms with van der Waals surface area (Å²) in [6.07, 6.45) is 0. The lowest BCUT2D eigenvalue weighted by atomic mass is 10.4.